The second kappa shape index (κ2) is 10.9. The summed E-state index contributed by atoms with van der Waals surface area (Å²) in [6, 6.07) is 55.2. The fourth-order valence-corrected chi connectivity index (χ4v) is 5.28. The molecule has 2 heterocycles. The minimum Gasteiger partial charge on any atom is -0.534 e. The number of fused-ring (bicyclic) bond motifs is 6. The molecule has 0 atom stereocenters. The number of aromatic nitrogens is 2. The van der Waals surface area contributed by atoms with Crippen molar-refractivity contribution in [2.45, 2.75) is 0 Å². The summed E-state index contributed by atoms with van der Waals surface area (Å²) in [5.41, 5.74) is 6.26. The van der Waals surface area contributed by atoms with Crippen molar-refractivity contribution in [3.63, 3.8) is 0 Å². The summed E-state index contributed by atoms with van der Waals surface area (Å²) in [6.07, 6.45) is 0. The molecule has 0 unspecified atom stereocenters. The number of nitrogens with zero attached hydrogens (tertiary/aromatic N) is 2. The first-order chi connectivity index (χ1) is 19.3. The van der Waals surface area contributed by atoms with Gasteiger partial charge in [-0.25, -0.2) is 0 Å². The molecule has 40 heavy (non-hydrogen) atoms. The number of hydrogen-bond donors (Lipinski definition) is 1. The number of phenols is 1. The molecular weight excluding hydrogens is 671 g/mol. The zero-order valence-electron chi connectivity index (χ0n) is 21.3. The summed E-state index contributed by atoms with van der Waals surface area (Å²) in [4.78, 5) is 0. The molecule has 6 aromatic carbocycles. The first kappa shape index (κ1) is 25.7. The van der Waals surface area contributed by atoms with E-state index in [1.807, 2.05) is 72.8 Å². The van der Waals surface area contributed by atoms with Gasteiger partial charge in [0, 0.05) is 16.8 Å². The number of rotatable bonds is 2. The fourth-order valence-electron chi connectivity index (χ4n) is 5.28. The smallest absolute Gasteiger partial charge is 0.534 e. The van der Waals surface area contributed by atoms with Crippen molar-refractivity contribution in [3.05, 3.63) is 152 Å². The maximum atomic E-state index is 9.75. The van der Waals surface area contributed by atoms with Crippen LogP contribution in [0.15, 0.2) is 127 Å². The summed E-state index contributed by atoms with van der Waals surface area (Å²) >= 11 is 0. The van der Waals surface area contributed by atoms with Crippen molar-refractivity contribution in [1.82, 2.24) is 9.13 Å². The molecule has 0 aliphatic heterocycles. The van der Waals surface area contributed by atoms with Crippen LogP contribution in [0, 0.1) is 24.3 Å². The van der Waals surface area contributed by atoms with Crippen LogP contribution in [0.1, 0.15) is 0 Å². The molecule has 8 rings (SSSR count). The van der Waals surface area contributed by atoms with Gasteiger partial charge < -0.3 is 14.2 Å². The third-order valence-corrected chi connectivity index (χ3v) is 6.93. The summed E-state index contributed by atoms with van der Waals surface area (Å²) in [6.45, 7) is 0. The Morgan fingerprint density at radius 2 is 0.950 bits per heavy atom. The molecule has 4 heteroatoms. The van der Waals surface area contributed by atoms with Crippen LogP contribution in [-0.4, -0.2) is 14.2 Å². The van der Waals surface area contributed by atoms with Crippen LogP contribution >= 0.6 is 0 Å². The quantitative estimate of drug-likeness (QED) is 0.181. The average Bonchev–Trinajstić information content (AvgIpc) is 3.51. The monoisotopic (exact) mass is 693 g/mol. The van der Waals surface area contributed by atoms with Gasteiger partial charge in [-0.2, -0.15) is 78.9 Å². The molecule has 0 bridgehead atoms. The second-order valence-corrected chi connectivity index (χ2v) is 9.24. The van der Waals surface area contributed by atoms with E-state index in [9.17, 15) is 5.11 Å². The minimum absolute atomic E-state index is 0. The molecule has 2 aromatic heterocycles. The molecule has 0 amide bonds. The second-order valence-electron chi connectivity index (χ2n) is 9.24. The first-order valence-electron chi connectivity index (χ1n) is 12.8. The Balaban J connectivity index is 0.000000141. The van der Waals surface area contributed by atoms with Gasteiger partial charge in [-0.3, -0.25) is 0 Å². The summed E-state index contributed by atoms with van der Waals surface area (Å²) in [5.74, 6) is 0.150. The van der Waals surface area contributed by atoms with Crippen LogP contribution in [-0.2, 0) is 21.1 Å². The molecule has 0 spiro atoms. The van der Waals surface area contributed by atoms with Gasteiger partial charge in [-0.15, -0.1) is 35.0 Å². The topological polar surface area (TPSA) is 30.1 Å². The Morgan fingerprint density at radius 3 is 1.55 bits per heavy atom. The van der Waals surface area contributed by atoms with E-state index in [0.29, 0.717) is 0 Å². The molecule has 1 N–H and O–H groups in total. The van der Waals surface area contributed by atoms with E-state index in [-0.39, 0.29) is 26.8 Å². The van der Waals surface area contributed by atoms with E-state index in [0.717, 1.165) is 38.7 Å². The van der Waals surface area contributed by atoms with Crippen LogP contribution in [0.5, 0.6) is 5.75 Å². The molecule has 0 aliphatic carbocycles. The summed E-state index contributed by atoms with van der Waals surface area (Å²) in [5, 5.41) is 14.5. The predicted octanol–water partition coefficient (Wildman–Crippen LogP) is 8.47. The van der Waals surface area contributed by atoms with Crippen molar-refractivity contribution in [1.29, 1.82) is 0 Å². The maximum absolute atomic E-state index is 9.75. The maximum Gasteiger partial charge on any atom is 4.00 e. The van der Waals surface area contributed by atoms with E-state index in [1.165, 1.54) is 16.3 Å². The largest absolute Gasteiger partial charge is 4.00 e. The van der Waals surface area contributed by atoms with Crippen molar-refractivity contribution in [2.24, 2.45) is 0 Å². The number of aromatic hydroxyl groups is 1. The molecule has 0 saturated carbocycles. The van der Waals surface area contributed by atoms with Crippen molar-refractivity contribution in [3.8, 4) is 17.1 Å². The van der Waals surface area contributed by atoms with Crippen molar-refractivity contribution >= 4 is 43.6 Å². The van der Waals surface area contributed by atoms with Gasteiger partial charge in [-0.1, -0.05) is 58.8 Å². The van der Waals surface area contributed by atoms with Gasteiger partial charge in [0.2, 0.25) is 0 Å². The van der Waals surface area contributed by atoms with Crippen LogP contribution in [0.3, 0.4) is 0 Å². The number of phenolic OH excluding ortho intramolecular Hbond substituents is 1. The Kier molecular flexibility index (Phi) is 6.98. The van der Waals surface area contributed by atoms with Crippen LogP contribution < -0.4 is 0 Å². The fraction of sp³-hybridized carbons (Fsp3) is 0. The van der Waals surface area contributed by atoms with Crippen molar-refractivity contribution in [2.75, 3.05) is 0 Å². The summed E-state index contributed by atoms with van der Waals surface area (Å²) in [7, 11) is 0. The average molecular weight is 694 g/mol. The number of benzene rings is 6. The van der Waals surface area contributed by atoms with Gasteiger partial charge in [0.25, 0.3) is 0 Å². The number of hydrogen-bond acceptors (Lipinski definition) is 1. The molecule has 0 saturated heterocycles. The molecule has 3 nitrogen and oxygen atoms in total. The van der Waals surface area contributed by atoms with E-state index in [4.69, 9.17) is 0 Å². The van der Waals surface area contributed by atoms with Gasteiger partial charge in [0.1, 0.15) is 0 Å². The van der Waals surface area contributed by atoms with Gasteiger partial charge in [0.05, 0.1) is 0 Å². The zero-order valence-corrected chi connectivity index (χ0v) is 23.6. The van der Waals surface area contributed by atoms with Crippen LogP contribution in [0.25, 0.3) is 55.0 Å². The summed E-state index contributed by atoms with van der Waals surface area (Å²) < 4.78 is 4.29. The Morgan fingerprint density at radius 1 is 0.450 bits per heavy atom. The molecule has 0 aliphatic rings. The number of para-hydroxylation sites is 5. The zero-order chi connectivity index (χ0) is 26.2. The van der Waals surface area contributed by atoms with E-state index < -0.39 is 0 Å². The SMILES string of the molecule is Oc1[c-]c2c(cc1)c1ccccc1n2-c1[c-]cccc1.[Pt+4].[c-]1ccccc1-n1c2[c-]cccc2c2ccccc21. The van der Waals surface area contributed by atoms with Crippen LogP contribution in [0.4, 0.5) is 0 Å². The Labute approximate surface area is 246 Å². The third-order valence-electron chi connectivity index (χ3n) is 6.93. The van der Waals surface area contributed by atoms with Gasteiger partial charge >= 0.3 is 21.1 Å². The minimum atomic E-state index is 0. The standard InChI is InChI=1S/C18H11NO.C18H11N.Pt/c20-14-10-11-16-15-8-4-5-9-17(15)19(18(16)12-14)13-6-2-1-3-7-13;1-2-8-14(9-3-1)19-17-12-6-4-10-15(17)16-11-5-7-13-18(16)19;/h1-6,8-11,20H;1-8,10-12H;/q2*-2;+4. The third kappa shape index (κ3) is 4.39. The van der Waals surface area contributed by atoms with E-state index >= 15 is 0 Å². The molecule has 192 valence electrons. The molecular formula is C36H22N2OPt. The van der Waals surface area contributed by atoms with E-state index in [2.05, 4.69) is 81.9 Å². The molecule has 8 aromatic rings. The van der Waals surface area contributed by atoms with Crippen LogP contribution in [0.2, 0.25) is 0 Å². The predicted molar refractivity (Wildman–Crippen MR) is 159 cm³/mol. The Bertz CT molecular complexity index is 2020. The Hall–Kier alpha value is -4.59. The normalized spacial score (nSPS) is 10.9. The van der Waals surface area contributed by atoms with Gasteiger partial charge in [0.15, 0.2) is 0 Å². The molecule has 0 fully saturated rings. The van der Waals surface area contributed by atoms with E-state index in [1.54, 1.807) is 6.07 Å². The van der Waals surface area contributed by atoms with Crippen molar-refractivity contribution < 1.29 is 26.2 Å². The molecule has 0 radical (unpaired) electrons. The first-order valence-corrected chi connectivity index (χ1v) is 12.8. The van der Waals surface area contributed by atoms with Gasteiger partial charge in [-0.05, 0) is 22.9 Å².